The Morgan fingerprint density at radius 2 is 2.00 bits per heavy atom. The number of carbonyl (C=O) groups excluding carboxylic acids is 1. The molecule has 2 aromatic rings. The first-order valence-corrected chi connectivity index (χ1v) is 7.17. The minimum atomic E-state index is -0.353. The lowest BCUT2D eigenvalue weighted by Crippen LogP contribution is -2.15. The Bertz CT molecular complexity index is 628. The molecule has 6 nitrogen and oxygen atoms in total. The van der Waals surface area contributed by atoms with E-state index in [-0.39, 0.29) is 5.97 Å². The van der Waals surface area contributed by atoms with Gasteiger partial charge in [0, 0.05) is 17.9 Å². The van der Waals surface area contributed by atoms with Crippen LogP contribution in [0.15, 0.2) is 36.5 Å². The molecule has 1 unspecified atom stereocenters. The lowest BCUT2D eigenvalue weighted by Gasteiger charge is -2.12. The van der Waals surface area contributed by atoms with E-state index in [4.69, 9.17) is 0 Å². The van der Waals surface area contributed by atoms with Crippen molar-refractivity contribution in [1.29, 1.82) is 0 Å². The molecule has 0 aliphatic carbocycles. The van der Waals surface area contributed by atoms with Crippen molar-refractivity contribution in [2.75, 3.05) is 17.7 Å². The summed E-state index contributed by atoms with van der Waals surface area (Å²) in [6.07, 6.45) is 2.69. The largest absolute Gasteiger partial charge is 0.465 e. The summed E-state index contributed by atoms with van der Waals surface area (Å²) in [6, 6.07) is 9.11. The maximum Gasteiger partial charge on any atom is 0.337 e. The number of rotatable bonds is 6. The summed E-state index contributed by atoms with van der Waals surface area (Å²) in [7, 11) is 1.36. The van der Waals surface area contributed by atoms with E-state index >= 15 is 0 Å². The summed E-state index contributed by atoms with van der Waals surface area (Å²) < 4.78 is 4.67. The highest BCUT2D eigenvalue weighted by Gasteiger charge is 2.06. The summed E-state index contributed by atoms with van der Waals surface area (Å²) in [5, 5.41) is 6.40. The lowest BCUT2D eigenvalue weighted by atomic mass is 10.2. The van der Waals surface area contributed by atoms with Gasteiger partial charge in [-0.25, -0.2) is 9.78 Å². The second-order valence-electron chi connectivity index (χ2n) is 4.91. The third kappa shape index (κ3) is 4.18. The molecule has 0 fully saturated rings. The molecular formula is C16H20N4O2. The van der Waals surface area contributed by atoms with Crippen LogP contribution in [-0.4, -0.2) is 29.1 Å². The maximum absolute atomic E-state index is 11.4. The van der Waals surface area contributed by atoms with Crippen LogP contribution in [0.3, 0.4) is 0 Å². The molecule has 0 spiro atoms. The van der Waals surface area contributed by atoms with Crippen LogP contribution in [0, 0.1) is 0 Å². The molecule has 0 aliphatic heterocycles. The molecule has 0 saturated heterocycles. The van der Waals surface area contributed by atoms with Gasteiger partial charge in [0.1, 0.15) is 5.82 Å². The van der Waals surface area contributed by atoms with Gasteiger partial charge < -0.3 is 15.4 Å². The second-order valence-corrected chi connectivity index (χ2v) is 4.91. The summed E-state index contributed by atoms with van der Waals surface area (Å²) in [5.41, 5.74) is 1.34. The molecule has 0 bridgehead atoms. The van der Waals surface area contributed by atoms with Gasteiger partial charge in [0.25, 0.3) is 0 Å². The minimum absolute atomic E-state index is 0.314. The summed E-state index contributed by atoms with van der Waals surface area (Å²) in [4.78, 5) is 20.0. The van der Waals surface area contributed by atoms with E-state index in [1.807, 2.05) is 0 Å². The third-order valence-electron chi connectivity index (χ3n) is 3.22. The maximum atomic E-state index is 11.4. The van der Waals surface area contributed by atoms with Gasteiger partial charge in [-0.15, -0.1) is 0 Å². The average molecular weight is 300 g/mol. The number of aromatic nitrogens is 2. The summed E-state index contributed by atoms with van der Waals surface area (Å²) in [6.45, 7) is 4.18. The van der Waals surface area contributed by atoms with E-state index in [1.165, 1.54) is 7.11 Å². The van der Waals surface area contributed by atoms with Gasteiger partial charge in [-0.3, -0.25) is 0 Å². The molecule has 22 heavy (non-hydrogen) atoms. The normalized spacial score (nSPS) is 11.6. The van der Waals surface area contributed by atoms with Gasteiger partial charge in [0.2, 0.25) is 5.95 Å². The Balaban J connectivity index is 2.07. The van der Waals surface area contributed by atoms with E-state index < -0.39 is 0 Å². The van der Waals surface area contributed by atoms with Crippen LogP contribution in [0.25, 0.3) is 0 Å². The van der Waals surface area contributed by atoms with Crippen LogP contribution < -0.4 is 10.6 Å². The summed E-state index contributed by atoms with van der Waals surface area (Å²) in [5.74, 6) is 0.922. The average Bonchev–Trinajstić information content (AvgIpc) is 2.55. The Labute approximate surface area is 129 Å². The van der Waals surface area contributed by atoms with Crippen molar-refractivity contribution in [1.82, 2.24) is 9.97 Å². The third-order valence-corrected chi connectivity index (χ3v) is 3.22. The van der Waals surface area contributed by atoms with E-state index in [1.54, 1.807) is 36.5 Å². The zero-order chi connectivity index (χ0) is 15.9. The first-order valence-electron chi connectivity index (χ1n) is 7.17. The van der Waals surface area contributed by atoms with Crippen molar-refractivity contribution in [3.05, 3.63) is 42.1 Å². The number of benzene rings is 1. The Hall–Kier alpha value is -2.63. The predicted octanol–water partition coefficient (Wildman–Crippen LogP) is 3.22. The van der Waals surface area contributed by atoms with Crippen molar-refractivity contribution in [3.63, 3.8) is 0 Å². The highest BCUT2D eigenvalue weighted by molar-refractivity contribution is 5.89. The quantitative estimate of drug-likeness (QED) is 0.798. The monoisotopic (exact) mass is 300 g/mol. The van der Waals surface area contributed by atoms with Crippen molar-refractivity contribution in [3.8, 4) is 0 Å². The fraction of sp³-hybridized carbons (Fsp3) is 0.312. The van der Waals surface area contributed by atoms with Gasteiger partial charge in [0.05, 0.1) is 12.7 Å². The number of esters is 1. The molecule has 1 aromatic carbocycles. The van der Waals surface area contributed by atoms with Gasteiger partial charge in [0.15, 0.2) is 0 Å². The number of hydrogen-bond donors (Lipinski definition) is 2. The number of hydrogen-bond acceptors (Lipinski definition) is 6. The molecule has 0 radical (unpaired) electrons. The zero-order valence-corrected chi connectivity index (χ0v) is 13.0. The smallest absolute Gasteiger partial charge is 0.337 e. The molecule has 116 valence electrons. The van der Waals surface area contributed by atoms with Crippen LogP contribution in [0.5, 0.6) is 0 Å². The van der Waals surface area contributed by atoms with Crippen molar-refractivity contribution < 1.29 is 9.53 Å². The van der Waals surface area contributed by atoms with Crippen molar-refractivity contribution >= 4 is 23.4 Å². The molecule has 6 heteroatoms. The van der Waals surface area contributed by atoms with E-state index in [0.29, 0.717) is 23.4 Å². The molecule has 1 aromatic heterocycles. The minimum Gasteiger partial charge on any atom is -0.465 e. The van der Waals surface area contributed by atoms with Crippen LogP contribution in [0.1, 0.15) is 30.6 Å². The summed E-state index contributed by atoms with van der Waals surface area (Å²) >= 11 is 0. The van der Waals surface area contributed by atoms with Crippen molar-refractivity contribution in [2.45, 2.75) is 26.3 Å². The lowest BCUT2D eigenvalue weighted by molar-refractivity contribution is 0.0601. The molecule has 0 amide bonds. The first kappa shape index (κ1) is 15.8. The van der Waals surface area contributed by atoms with E-state index in [0.717, 1.165) is 12.1 Å². The fourth-order valence-electron chi connectivity index (χ4n) is 1.78. The molecule has 0 aliphatic rings. The SMILES string of the molecule is CCC(C)Nc1nccc(Nc2ccc(C(=O)OC)cc2)n1. The van der Waals surface area contributed by atoms with Gasteiger partial charge >= 0.3 is 5.97 Å². The number of nitrogens with zero attached hydrogens (tertiary/aromatic N) is 2. The number of methoxy groups -OCH3 is 1. The Morgan fingerprint density at radius 1 is 1.27 bits per heavy atom. The number of carbonyl (C=O) groups is 1. The van der Waals surface area contributed by atoms with Crippen LogP contribution >= 0.6 is 0 Å². The van der Waals surface area contributed by atoms with Crippen LogP contribution in [0.2, 0.25) is 0 Å². The molecule has 0 saturated carbocycles. The standard InChI is InChI=1S/C16H20N4O2/c1-4-11(2)18-16-17-10-9-14(20-16)19-13-7-5-12(6-8-13)15(21)22-3/h5-11H,4H2,1-3H3,(H2,17,18,19,20). The molecule has 2 N–H and O–H groups in total. The van der Waals surface area contributed by atoms with E-state index in [9.17, 15) is 4.79 Å². The number of nitrogens with one attached hydrogen (secondary N) is 2. The molecular weight excluding hydrogens is 280 g/mol. The van der Waals surface area contributed by atoms with Gasteiger partial charge in [-0.2, -0.15) is 4.98 Å². The first-order chi connectivity index (χ1) is 10.6. The predicted molar refractivity (Wildman–Crippen MR) is 86.5 cm³/mol. The second kappa shape index (κ2) is 7.40. The van der Waals surface area contributed by atoms with Crippen molar-refractivity contribution in [2.24, 2.45) is 0 Å². The number of ether oxygens (including phenoxy) is 1. The zero-order valence-electron chi connectivity index (χ0n) is 13.0. The van der Waals surface area contributed by atoms with Gasteiger partial charge in [-0.1, -0.05) is 6.92 Å². The number of anilines is 3. The Kier molecular flexibility index (Phi) is 5.30. The van der Waals surface area contributed by atoms with Crippen LogP contribution in [0.4, 0.5) is 17.5 Å². The Morgan fingerprint density at radius 3 is 2.64 bits per heavy atom. The van der Waals surface area contributed by atoms with Crippen LogP contribution in [-0.2, 0) is 4.74 Å². The van der Waals surface area contributed by atoms with E-state index in [2.05, 4.69) is 39.2 Å². The highest BCUT2D eigenvalue weighted by Crippen LogP contribution is 2.16. The fourth-order valence-corrected chi connectivity index (χ4v) is 1.78. The molecule has 2 rings (SSSR count). The highest BCUT2D eigenvalue weighted by atomic mass is 16.5. The molecule has 1 heterocycles. The molecule has 1 atom stereocenters. The van der Waals surface area contributed by atoms with Gasteiger partial charge in [-0.05, 0) is 43.7 Å². The topological polar surface area (TPSA) is 76.1 Å².